The molecule has 1 atom stereocenters. The van der Waals surface area contributed by atoms with E-state index >= 15 is 0 Å². The first-order valence-corrected chi connectivity index (χ1v) is 7.34. The van der Waals surface area contributed by atoms with Crippen molar-refractivity contribution in [2.45, 2.75) is 31.8 Å². The molecule has 1 aromatic carbocycles. The first-order chi connectivity index (χ1) is 10.0. The van der Waals surface area contributed by atoms with Crippen LogP contribution in [-0.2, 0) is 4.79 Å². The molecule has 0 aliphatic carbocycles. The van der Waals surface area contributed by atoms with Crippen molar-refractivity contribution in [3.05, 3.63) is 35.9 Å². The van der Waals surface area contributed by atoms with Crippen molar-refractivity contribution in [1.82, 2.24) is 4.90 Å². The molecule has 1 fully saturated rings. The van der Waals surface area contributed by atoms with Crippen LogP contribution in [0, 0.1) is 0 Å². The van der Waals surface area contributed by atoms with E-state index in [4.69, 9.17) is 4.74 Å². The lowest BCUT2D eigenvalue weighted by Gasteiger charge is -2.21. The molecular weight excluding hydrogens is 266 g/mol. The molecular formula is C17H23NO3. The monoisotopic (exact) mass is 289 g/mol. The fourth-order valence-corrected chi connectivity index (χ4v) is 2.55. The van der Waals surface area contributed by atoms with Crippen LogP contribution in [0.3, 0.4) is 0 Å². The number of amides is 1. The smallest absolute Gasteiger partial charge is 0.246 e. The molecule has 2 rings (SSSR count). The van der Waals surface area contributed by atoms with Gasteiger partial charge in [0.2, 0.25) is 5.91 Å². The topological polar surface area (TPSA) is 49.8 Å². The van der Waals surface area contributed by atoms with Crippen LogP contribution in [0.5, 0.6) is 5.75 Å². The number of ether oxygens (including phenoxy) is 1. The Morgan fingerprint density at radius 2 is 2.10 bits per heavy atom. The van der Waals surface area contributed by atoms with Crippen molar-refractivity contribution < 1.29 is 14.6 Å². The fourth-order valence-electron chi connectivity index (χ4n) is 2.55. The minimum Gasteiger partial charge on any atom is -0.496 e. The molecule has 1 aliphatic rings. The Morgan fingerprint density at radius 1 is 1.33 bits per heavy atom. The van der Waals surface area contributed by atoms with Crippen LogP contribution < -0.4 is 4.74 Å². The lowest BCUT2D eigenvalue weighted by molar-refractivity contribution is -0.126. The number of rotatable bonds is 3. The Labute approximate surface area is 126 Å². The zero-order valence-electron chi connectivity index (χ0n) is 12.7. The normalized spacial score (nSPS) is 23.1. The molecule has 4 heteroatoms. The Hall–Kier alpha value is -1.81. The van der Waals surface area contributed by atoms with E-state index in [0.717, 1.165) is 24.2 Å². The summed E-state index contributed by atoms with van der Waals surface area (Å²) in [5.41, 5.74) is 0.233. The maximum Gasteiger partial charge on any atom is 0.246 e. The van der Waals surface area contributed by atoms with Gasteiger partial charge in [-0.1, -0.05) is 18.2 Å². The molecule has 0 radical (unpaired) electrons. The maximum atomic E-state index is 12.3. The second-order valence-corrected chi connectivity index (χ2v) is 5.75. The first kappa shape index (κ1) is 15.6. The van der Waals surface area contributed by atoms with Crippen molar-refractivity contribution >= 4 is 12.0 Å². The standard InChI is InChI=1S/C17H23NO3/c1-17(20)10-5-12-18(13-11-17)16(19)9-8-14-6-3-4-7-15(14)21-2/h3-4,6-9,20H,5,10-13H2,1-2H3/b9-8+. The summed E-state index contributed by atoms with van der Waals surface area (Å²) in [4.78, 5) is 14.1. The average molecular weight is 289 g/mol. The van der Waals surface area contributed by atoms with Crippen LogP contribution in [-0.4, -0.2) is 41.7 Å². The van der Waals surface area contributed by atoms with Crippen LogP contribution in [0.25, 0.3) is 6.08 Å². The van der Waals surface area contributed by atoms with Gasteiger partial charge in [0.25, 0.3) is 0 Å². The van der Waals surface area contributed by atoms with Crippen molar-refractivity contribution in [2.75, 3.05) is 20.2 Å². The fraction of sp³-hybridized carbons (Fsp3) is 0.471. The zero-order chi connectivity index (χ0) is 15.3. The van der Waals surface area contributed by atoms with E-state index in [2.05, 4.69) is 0 Å². The van der Waals surface area contributed by atoms with Gasteiger partial charge < -0.3 is 14.7 Å². The van der Waals surface area contributed by atoms with Crippen LogP contribution in [0.1, 0.15) is 31.7 Å². The van der Waals surface area contributed by atoms with Gasteiger partial charge in [0, 0.05) is 24.7 Å². The van der Waals surface area contributed by atoms with Gasteiger partial charge in [-0.25, -0.2) is 0 Å². The number of hydrogen-bond acceptors (Lipinski definition) is 3. The van der Waals surface area contributed by atoms with Crippen molar-refractivity contribution in [1.29, 1.82) is 0 Å². The molecule has 0 saturated carbocycles. The van der Waals surface area contributed by atoms with E-state index in [0.29, 0.717) is 19.5 Å². The largest absolute Gasteiger partial charge is 0.496 e. The molecule has 1 heterocycles. The summed E-state index contributed by atoms with van der Waals surface area (Å²) in [6.07, 6.45) is 5.57. The van der Waals surface area contributed by atoms with Crippen LogP contribution in [0.15, 0.2) is 30.3 Å². The first-order valence-electron chi connectivity index (χ1n) is 7.34. The lowest BCUT2D eigenvalue weighted by Crippen LogP contribution is -2.32. The maximum absolute atomic E-state index is 12.3. The minimum atomic E-state index is -0.651. The summed E-state index contributed by atoms with van der Waals surface area (Å²) >= 11 is 0. The van der Waals surface area contributed by atoms with E-state index in [1.165, 1.54) is 0 Å². The van der Waals surface area contributed by atoms with Crippen molar-refractivity contribution in [3.63, 3.8) is 0 Å². The van der Waals surface area contributed by atoms with Gasteiger partial charge in [-0.3, -0.25) is 4.79 Å². The number of para-hydroxylation sites is 1. The SMILES string of the molecule is COc1ccccc1/C=C/C(=O)N1CCCC(C)(O)CC1. The highest BCUT2D eigenvalue weighted by Crippen LogP contribution is 2.22. The Kier molecular flexibility index (Phi) is 5.02. The van der Waals surface area contributed by atoms with Crippen LogP contribution in [0.4, 0.5) is 0 Å². The van der Waals surface area contributed by atoms with Gasteiger partial charge in [0.05, 0.1) is 12.7 Å². The summed E-state index contributed by atoms with van der Waals surface area (Å²) in [7, 11) is 1.62. The molecule has 21 heavy (non-hydrogen) atoms. The molecule has 1 aromatic rings. The number of benzene rings is 1. The third kappa shape index (κ3) is 4.33. The third-order valence-electron chi connectivity index (χ3n) is 3.92. The number of carbonyl (C=O) groups is 1. The van der Waals surface area contributed by atoms with Gasteiger partial charge in [-0.15, -0.1) is 0 Å². The molecule has 114 valence electrons. The number of hydrogen-bond donors (Lipinski definition) is 1. The Morgan fingerprint density at radius 3 is 2.86 bits per heavy atom. The number of aliphatic hydroxyl groups is 1. The van der Waals surface area contributed by atoms with Gasteiger partial charge in [-0.2, -0.15) is 0 Å². The quantitative estimate of drug-likeness (QED) is 0.870. The molecule has 0 aromatic heterocycles. The Bertz CT molecular complexity index is 523. The summed E-state index contributed by atoms with van der Waals surface area (Å²) in [6, 6.07) is 7.59. The van der Waals surface area contributed by atoms with Gasteiger partial charge in [0.1, 0.15) is 5.75 Å². The minimum absolute atomic E-state index is 0.0152. The molecule has 1 aliphatic heterocycles. The van der Waals surface area contributed by atoms with E-state index in [9.17, 15) is 9.90 Å². The molecule has 1 N–H and O–H groups in total. The van der Waals surface area contributed by atoms with Crippen LogP contribution in [0.2, 0.25) is 0 Å². The van der Waals surface area contributed by atoms with E-state index in [-0.39, 0.29) is 5.91 Å². The van der Waals surface area contributed by atoms with Crippen LogP contribution >= 0.6 is 0 Å². The average Bonchev–Trinajstić information content (AvgIpc) is 2.66. The van der Waals surface area contributed by atoms with E-state index < -0.39 is 5.60 Å². The molecule has 1 unspecified atom stereocenters. The predicted molar refractivity (Wildman–Crippen MR) is 83.1 cm³/mol. The molecule has 0 bridgehead atoms. The number of carbonyl (C=O) groups excluding carboxylic acids is 1. The van der Waals surface area contributed by atoms with Crippen molar-refractivity contribution in [2.24, 2.45) is 0 Å². The summed E-state index contributed by atoms with van der Waals surface area (Å²) in [5, 5.41) is 10.1. The van der Waals surface area contributed by atoms with Gasteiger partial charge >= 0.3 is 0 Å². The Balaban J connectivity index is 2.02. The third-order valence-corrected chi connectivity index (χ3v) is 3.92. The number of nitrogens with zero attached hydrogens (tertiary/aromatic N) is 1. The molecule has 1 amide bonds. The summed E-state index contributed by atoms with van der Waals surface area (Å²) in [5.74, 6) is 0.735. The molecule has 1 saturated heterocycles. The second kappa shape index (κ2) is 6.76. The molecule has 4 nitrogen and oxygen atoms in total. The highest BCUT2D eigenvalue weighted by atomic mass is 16.5. The zero-order valence-corrected chi connectivity index (χ0v) is 12.7. The summed E-state index contributed by atoms with van der Waals surface area (Å²) in [6.45, 7) is 3.14. The van der Waals surface area contributed by atoms with Gasteiger partial charge in [0.15, 0.2) is 0 Å². The number of likely N-dealkylation sites (tertiary alicyclic amines) is 1. The van der Waals surface area contributed by atoms with Gasteiger partial charge in [-0.05, 0) is 38.3 Å². The number of methoxy groups -OCH3 is 1. The predicted octanol–water partition coefficient (Wildman–Crippen LogP) is 2.47. The van der Waals surface area contributed by atoms with E-state index in [1.54, 1.807) is 24.2 Å². The lowest BCUT2D eigenvalue weighted by atomic mass is 9.98. The summed E-state index contributed by atoms with van der Waals surface area (Å²) < 4.78 is 5.26. The van der Waals surface area contributed by atoms with E-state index in [1.807, 2.05) is 31.2 Å². The highest BCUT2D eigenvalue weighted by molar-refractivity contribution is 5.92. The second-order valence-electron chi connectivity index (χ2n) is 5.75. The molecule has 0 spiro atoms. The van der Waals surface area contributed by atoms with Crippen molar-refractivity contribution in [3.8, 4) is 5.75 Å². The highest BCUT2D eigenvalue weighted by Gasteiger charge is 2.26.